The first-order chi connectivity index (χ1) is 31.8. The summed E-state index contributed by atoms with van der Waals surface area (Å²) >= 11 is 2.00. The lowest BCUT2D eigenvalue weighted by atomic mass is 9.43. The number of furan rings is 1. The molecular weight excluding hydrogens is 832 g/mol. The highest BCUT2D eigenvalue weighted by Crippen LogP contribution is 2.57. The average Bonchev–Trinajstić information content (AvgIpc) is 3.97. The minimum absolute atomic E-state index is 0.0337. The van der Waals surface area contributed by atoms with Crippen LogP contribution in [0.2, 0.25) is 0 Å². The third-order valence-electron chi connectivity index (χ3n) is 17.6. The zero-order chi connectivity index (χ0) is 46.1. The van der Waals surface area contributed by atoms with E-state index in [1.165, 1.54) is 139 Å². The van der Waals surface area contributed by atoms with Gasteiger partial charge in [0.2, 0.25) is 0 Å². The maximum Gasteiger partial charge on any atom is 0.333 e. The lowest BCUT2D eigenvalue weighted by molar-refractivity contribution is 0.332. The lowest BCUT2D eigenvalue weighted by Crippen LogP contribution is -2.60. The smallest absolute Gasteiger partial charge is 0.333 e. The summed E-state index contributed by atoms with van der Waals surface area (Å²) in [6.45, 7) is 26.7. The molecule has 0 spiro atoms. The SMILES string of the molecule is CC(C)(C)c1ccc(N2B3c4cc5c(cc4-n4c6cc7c(cc6c6c8sc9ccccc9c8c(c3c64)-c3cc4c(cc32)C(C)(C)CCC4(C)C)C(C)(C)CCC7(C)C)oc2ccccc25)cc1. The fourth-order valence-electron chi connectivity index (χ4n) is 13.5. The molecule has 0 N–H and O–H groups in total. The molecule has 0 atom stereocenters. The fraction of sp³-hybridized carbons (Fsp3) is 0.323. The lowest BCUT2D eigenvalue weighted by Gasteiger charge is -2.46. The van der Waals surface area contributed by atoms with Crippen molar-refractivity contribution < 1.29 is 4.42 Å². The number of thiophene rings is 1. The minimum atomic E-state index is -0.112. The Bertz CT molecular complexity index is 3860. The summed E-state index contributed by atoms with van der Waals surface area (Å²) in [5.41, 5.74) is 21.4. The number of rotatable bonds is 1. The van der Waals surface area contributed by atoms with E-state index >= 15 is 0 Å². The molecule has 14 rings (SSSR count). The quantitative estimate of drug-likeness (QED) is 0.153. The van der Waals surface area contributed by atoms with Gasteiger partial charge in [0.25, 0.3) is 0 Å². The first-order valence-corrected chi connectivity index (χ1v) is 25.7. The number of anilines is 2. The van der Waals surface area contributed by atoms with Crippen molar-refractivity contribution in [1.82, 2.24) is 4.57 Å². The van der Waals surface area contributed by atoms with Crippen LogP contribution in [0.4, 0.5) is 11.4 Å². The number of nitrogens with zero attached hydrogens (tertiary/aromatic N) is 2. The molecule has 0 amide bonds. The van der Waals surface area contributed by atoms with Crippen molar-refractivity contribution >= 4 is 104 Å². The first kappa shape index (κ1) is 40.3. The Kier molecular flexibility index (Phi) is 7.61. The monoisotopic (exact) mass is 890 g/mol. The summed E-state index contributed by atoms with van der Waals surface area (Å²) in [7, 11) is 0. The number of hydrogen-bond acceptors (Lipinski definition) is 3. The van der Waals surface area contributed by atoms with E-state index in [9.17, 15) is 0 Å². The van der Waals surface area contributed by atoms with Gasteiger partial charge in [-0.3, -0.25) is 0 Å². The van der Waals surface area contributed by atoms with Crippen molar-refractivity contribution in [2.75, 3.05) is 4.81 Å². The number of hydrogen-bond donors (Lipinski definition) is 0. The molecule has 0 bridgehead atoms. The van der Waals surface area contributed by atoms with E-state index in [0.717, 1.165) is 17.6 Å². The number of benzene rings is 7. The van der Waals surface area contributed by atoms with Crippen LogP contribution >= 0.6 is 11.3 Å². The third-order valence-corrected chi connectivity index (χ3v) is 18.8. The highest BCUT2D eigenvalue weighted by Gasteiger charge is 2.49. The van der Waals surface area contributed by atoms with Gasteiger partial charge < -0.3 is 13.8 Å². The normalized spacial score (nSPS) is 18.6. The van der Waals surface area contributed by atoms with Crippen LogP contribution in [-0.4, -0.2) is 11.4 Å². The van der Waals surface area contributed by atoms with E-state index in [1.54, 1.807) is 0 Å². The summed E-state index contributed by atoms with van der Waals surface area (Å²) in [5, 5.41) is 7.90. The van der Waals surface area contributed by atoms with Crippen LogP contribution in [0, 0.1) is 0 Å². The Hall–Kier alpha value is -5.78. The van der Waals surface area contributed by atoms with E-state index in [0.29, 0.717) is 0 Å². The molecule has 2 aliphatic carbocycles. The molecule has 10 aromatic rings. The van der Waals surface area contributed by atoms with Crippen molar-refractivity contribution in [3.63, 3.8) is 0 Å². The fourth-order valence-corrected chi connectivity index (χ4v) is 14.8. The summed E-state index contributed by atoms with van der Waals surface area (Å²) < 4.78 is 12.3. The molecule has 0 radical (unpaired) electrons. The second kappa shape index (κ2) is 12.7. The highest BCUT2D eigenvalue weighted by molar-refractivity contribution is 7.27. The van der Waals surface area contributed by atoms with Crippen molar-refractivity contribution in [2.24, 2.45) is 0 Å². The topological polar surface area (TPSA) is 21.3 Å². The largest absolute Gasteiger partial charge is 0.456 e. The van der Waals surface area contributed by atoms with Crippen LogP contribution in [0.1, 0.15) is 130 Å². The molecule has 67 heavy (non-hydrogen) atoms. The number of fused-ring (bicyclic) bond motifs is 18. The average molecular weight is 891 g/mol. The third kappa shape index (κ3) is 5.20. The summed E-state index contributed by atoms with van der Waals surface area (Å²) in [4.78, 5) is 2.77. The Labute approximate surface area is 398 Å². The molecule has 0 fully saturated rings. The van der Waals surface area contributed by atoms with Gasteiger partial charge in [-0.1, -0.05) is 131 Å². The van der Waals surface area contributed by atoms with Crippen LogP contribution in [0.3, 0.4) is 0 Å². The van der Waals surface area contributed by atoms with Crippen LogP contribution in [-0.2, 0) is 27.1 Å². The maximum atomic E-state index is 6.85. The van der Waals surface area contributed by atoms with Gasteiger partial charge in [0.05, 0.1) is 11.0 Å². The Balaban J connectivity index is 1.25. The van der Waals surface area contributed by atoms with Crippen molar-refractivity contribution in [2.45, 2.75) is 129 Å². The molecule has 5 heteroatoms. The Morgan fingerprint density at radius 2 is 1.18 bits per heavy atom. The minimum Gasteiger partial charge on any atom is -0.456 e. The standard InChI is InChI=1S/C62H59BN2OS/c1-58(2,3)34-20-22-35(23-21-34)65-47-32-44-42(60(6,7)25-27-62(44,10)11)29-40(47)52-53-37-17-13-15-19-51(37)67-57(53)54-39-28-41-43(61(8,9)26-24-59(41,4)5)31-46(39)64-48-33-50-38(36-16-12-14-18-49(36)66-50)30-45(48)63(65)55(52)56(54)64/h12-23,28-33H,24-27H2,1-11H3. The zero-order valence-electron chi connectivity index (χ0n) is 41.0. The van der Waals surface area contributed by atoms with Gasteiger partial charge in [-0.05, 0) is 146 Å². The van der Waals surface area contributed by atoms with Gasteiger partial charge in [-0.15, -0.1) is 11.3 Å². The first-order valence-electron chi connectivity index (χ1n) is 24.9. The molecule has 4 aliphatic rings. The molecule has 332 valence electrons. The molecule has 3 aromatic heterocycles. The highest BCUT2D eigenvalue weighted by atomic mass is 32.1. The Morgan fingerprint density at radius 3 is 1.87 bits per heavy atom. The second-order valence-corrected chi connectivity index (χ2v) is 25.6. The van der Waals surface area contributed by atoms with E-state index < -0.39 is 0 Å². The predicted octanol–water partition coefficient (Wildman–Crippen LogP) is 16.3. The molecule has 5 heterocycles. The van der Waals surface area contributed by atoms with Gasteiger partial charge in [0.1, 0.15) is 11.2 Å². The molecule has 0 saturated heterocycles. The zero-order valence-corrected chi connectivity index (χ0v) is 41.8. The molecule has 3 nitrogen and oxygen atoms in total. The maximum absolute atomic E-state index is 6.85. The van der Waals surface area contributed by atoms with Crippen LogP contribution < -0.4 is 15.7 Å². The van der Waals surface area contributed by atoms with E-state index in [-0.39, 0.29) is 33.9 Å². The molecule has 7 aromatic carbocycles. The summed E-state index contributed by atoms with van der Waals surface area (Å²) in [5.74, 6) is 0. The van der Waals surface area contributed by atoms with Crippen LogP contribution in [0.15, 0.2) is 114 Å². The van der Waals surface area contributed by atoms with Crippen LogP contribution in [0.5, 0.6) is 0 Å². The van der Waals surface area contributed by atoms with Crippen LogP contribution in [0.25, 0.3) is 80.7 Å². The molecule has 2 aliphatic heterocycles. The molecule has 0 unspecified atom stereocenters. The van der Waals surface area contributed by atoms with E-state index in [4.69, 9.17) is 4.42 Å². The van der Waals surface area contributed by atoms with Gasteiger partial charge in [-0.2, -0.15) is 0 Å². The van der Waals surface area contributed by atoms with E-state index in [1.807, 2.05) is 11.3 Å². The predicted molar refractivity (Wildman–Crippen MR) is 289 cm³/mol. The number of aromatic nitrogens is 1. The second-order valence-electron chi connectivity index (χ2n) is 24.6. The van der Waals surface area contributed by atoms with Gasteiger partial charge >= 0.3 is 6.85 Å². The van der Waals surface area contributed by atoms with Gasteiger partial charge in [0, 0.05) is 70.4 Å². The van der Waals surface area contributed by atoms with E-state index in [2.05, 4.69) is 195 Å². The molecular formula is C62H59BN2OS. The van der Waals surface area contributed by atoms with Crippen molar-refractivity contribution in [3.8, 4) is 16.8 Å². The van der Waals surface area contributed by atoms with Gasteiger partial charge in [-0.25, -0.2) is 0 Å². The number of para-hydroxylation sites is 1. The molecule has 0 saturated carbocycles. The van der Waals surface area contributed by atoms with Crippen molar-refractivity contribution in [1.29, 1.82) is 0 Å². The summed E-state index contributed by atoms with van der Waals surface area (Å²) in [6, 6.07) is 43.1. The summed E-state index contributed by atoms with van der Waals surface area (Å²) in [6.07, 6.45) is 4.68. The van der Waals surface area contributed by atoms with Crippen molar-refractivity contribution in [3.05, 3.63) is 137 Å². The van der Waals surface area contributed by atoms with Gasteiger partial charge in [0.15, 0.2) is 0 Å². The Morgan fingerprint density at radius 1 is 0.567 bits per heavy atom.